The number of aromatic hydroxyl groups is 1. The van der Waals surface area contributed by atoms with Crippen LogP contribution in [0.25, 0.3) is 11.1 Å². The van der Waals surface area contributed by atoms with Gasteiger partial charge in [-0.1, -0.05) is 80.3 Å². The Balaban J connectivity index is 1.40. The molecular weight excluding hydrogens is 631 g/mol. The van der Waals surface area contributed by atoms with Gasteiger partial charge < -0.3 is 40.7 Å². The third-order valence-corrected chi connectivity index (χ3v) is 9.07. The summed E-state index contributed by atoms with van der Waals surface area (Å²) in [7, 11) is 0. The van der Waals surface area contributed by atoms with E-state index in [-0.39, 0.29) is 18.2 Å². The predicted octanol–water partition coefficient (Wildman–Crippen LogP) is 4.73. The van der Waals surface area contributed by atoms with Crippen molar-refractivity contribution in [3.8, 4) is 16.9 Å². The molecule has 8 atom stereocenters. The van der Waals surface area contributed by atoms with Gasteiger partial charge in [-0.2, -0.15) is 0 Å². The highest BCUT2D eigenvalue weighted by atomic mass is 19.1. The number of benzene rings is 3. The topological polar surface area (TPSA) is 163 Å². The van der Waals surface area contributed by atoms with E-state index in [1.54, 1.807) is 41.3 Å². The van der Waals surface area contributed by atoms with Crippen LogP contribution >= 0.6 is 0 Å². The van der Waals surface area contributed by atoms with Crippen LogP contribution in [0.4, 0.5) is 14.9 Å². The summed E-state index contributed by atoms with van der Waals surface area (Å²) < 4.78 is 19.0. The lowest BCUT2D eigenvalue weighted by Gasteiger charge is -2.40. The Morgan fingerprint density at radius 3 is 2.33 bits per heavy atom. The third-order valence-electron chi connectivity index (χ3n) is 9.07. The van der Waals surface area contributed by atoms with Crippen LogP contribution in [0.3, 0.4) is 0 Å². The molecule has 11 heteroatoms. The number of rotatable bonds is 12. The van der Waals surface area contributed by atoms with Gasteiger partial charge in [-0.3, -0.25) is 4.90 Å². The van der Waals surface area contributed by atoms with E-state index < -0.39 is 61.1 Å². The number of amides is 2. The molecule has 2 unspecified atom stereocenters. The molecule has 5 rings (SSSR count). The van der Waals surface area contributed by atoms with Crippen molar-refractivity contribution in [1.82, 2.24) is 5.32 Å². The molecule has 0 aliphatic carbocycles. The first-order valence-corrected chi connectivity index (χ1v) is 16.3. The van der Waals surface area contributed by atoms with Gasteiger partial charge in [0.2, 0.25) is 0 Å². The van der Waals surface area contributed by atoms with Gasteiger partial charge in [0, 0.05) is 11.3 Å². The Morgan fingerprint density at radius 2 is 1.69 bits per heavy atom. The zero-order valence-electron chi connectivity index (χ0n) is 27.1. The molecule has 2 heterocycles. The molecule has 3 aromatic carbocycles. The number of ether oxygens (including phenoxy) is 1. The lowest BCUT2D eigenvalue weighted by atomic mass is 9.89. The van der Waals surface area contributed by atoms with Crippen LogP contribution in [0, 0.1) is 0 Å². The van der Waals surface area contributed by atoms with Gasteiger partial charge in [0.15, 0.2) is 0 Å². The number of halogens is 1. The quantitative estimate of drug-likeness (QED) is 0.136. The maximum Gasteiger partial charge on any atom is 0.322 e. The number of phenolic OH excluding ortho intramolecular Hbond substituents is 1. The molecule has 0 spiro atoms. The Morgan fingerprint density at radius 1 is 1.00 bits per heavy atom. The van der Waals surface area contributed by atoms with E-state index in [9.17, 15) is 39.8 Å². The van der Waals surface area contributed by atoms with E-state index in [4.69, 9.17) is 4.74 Å². The molecule has 49 heavy (non-hydrogen) atoms. The average Bonchev–Trinajstić information content (AvgIpc) is 3.43. The highest BCUT2D eigenvalue weighted by molar-refractivity contribution is 5.96. The number of nitrogens with zero attached hydrogens (tertiary/aromatic N) is 1. The van der Waals surface area contributed by atoms with Crippen LogP contribution in [0.2, 0.25) is 0 Å². The van der Waals surface area contributed by atoms with E-state index in [0.717, 1.165) is 5.56 Å². The second-order valence-electron chi connectivity index (χ2n) is 12.3. The van der Waals surface area contributed by atoms with Crippen LogP contribution < -0.4 is 10.2 Å². The first kappa shape index (κ1) is 35.9. The zero-order valence-corrected chi connectivity index (χ0v) is 27.1. The second kappa shape index (κ2) is 15.9. The third kappa shape index (κ3) is 7.94. The fraction of sp³-hybridized carbons (Fsp3) is 0.342. The number of carbonyl (C=O) groups excluding carboxylic acids is 1. The summed E-state index contributed by atoms with van der Waals surface area (Å²) in [5.41, 5.74) is 3.62. The van der Waals surface area contributed by atoms with Gasteiger partial charge in [-0.15, -0.1) is 0 Å². The minimum atomic E-state index is -1.49. The molecule has 0 saturated carbocycles. The van der Waals surface area contributed by atoms with Crippen LogP contribution in [-0.4, -0.2) is 79.8 Å². The summed E-state index contributed by atoms with van der Waals surface area (Å²) in [6, 6.07) is 19.8. The van der Waals surface area contributed by atoms with Crippen molar-refractivity contribution in [2.75, 3.05) is 11.5 Å². The van der Waals surface area contributed by atoms with Crippen LogP contribution in [-0.2, 0) is 4.74 Å². The number of aliphatic hydroxyl groups excluding tert-OH is 5. The van der Waals surface area contributed by atoms with Crippen LogP contribution in [0.15, 0.2) is 109 Å². The molecule has 0 radical (unpaired) electrons. The summed E-state index contributed by atoms with van der Waals surface area (Å²) in [5, 5.41) is 65.8. The number of phenols is 1. The fourth-order valence-electron chi connectivity index (χ4n) is 6.52. The standard InChI is InChI=1S/C38H43FN2O8/c1-3-7-24(11-10-22(2)39)30(43)19-18-29-33(41(38(48)40-29)27-8-5-4-6-9-27)28-17-16-26(20-31(28)44)23-12-14-25(15-13-23)37-36(47)35(46)34(45)32(21-42)49-37/h4-17,20,29-30,32-37,42-47H,2-3,18-19,21H2,1H3,(H,40,48)/b11-10-,24-7+/t29-,30?,32-,33-,34-,35+,36-,37?/m1/s1. The van der Waals surface area contributed by atoms with Crippen LogP contribution in [0.5, 0.6) is 5.75 Å². The first-order valence-electron chi connectivity index (χ1n) is 16.3. The molecule has 2 aliphatic heterocycles. The van der Waals surface area contributed by atoms with Crippen molar-refractivity contribution >= 4 is 11.7 Å². The SMILES string of the molecule is C=C(F)/C=C\C(=C/CC)C(O)CC[C@H]1NC(=O)N(c2ccccc2)[C@@H]1c1ccc(-c2ccc(C3O[C@H](CO)[C@@H](O)[C@H](O)[C@H]3O)cc2)cc1O. The van der Waals surface area contributed by atoms with Gasteiger partial charge in [-0.25, -0.2) is 9.18 Å². The number of aliphatic hydroxyl groups is 5. The summed E-state index contributed by atoms with van der Waals surface area (Å²) in [4.78, 5) is 15.0. The highest BCUT2D eigenvalue weighted by Crippen LogP contribution is 2.41. The normalized spacial score (nSPS) is 26.6. The van der Waals surface area contributed by atoms with Crippen molar-refractivity contribution < 1.29 is 44.6 Å². The largest absolute Gasteiger partial charge is 0.508 e. The smallest absolute Gasteiger partial charge is 0.322 e. The molecule has 7 N–H and O–H groups in total. The Labute approximate surface area is 284 Å². The van der Waals surface area contributed by atoms with Gasteiger partial charge >= 0.3 is 6.03 Å². The number of para-hydroxylation sites is 1. The average molecular weight is 675 g/mol. The van der Waals surface area contributed by atoms with Gasteiger partial charge in [0.25, 0.3) is 0 Å². The first-order chi connectivity index (χ1) is 23.5. The Bertz CT molecular complexity index is 1660. The van der Waals surface area contributed by atoms with E-state index in [1.807, 2.05) is 49.4 Å². The molecule has 2 fully saturated rings. The number of hydrogen-bond acceptors (Lipinski definition) is 8. The number of allylic oxidation sites excluding steroid dienone is 3. The number of anilines is 1. The summed E-state index contributed by atoms with van der Waals surface area (Å²) in [5.74, 6) is -0.668. The number of hydrogen-bond donors (Lipinski definition) is 7. The van der Waals surface area contributed by atoms with Crippen molar-refractivity contribution in [2.45, 2.75) is 74.9 Å². The molecule has 0 bridgehead atoms. The number of nitrogens with one attached hydrogen (secondary N) is 1. The molecular formula is C38H43FN2O8. The second-order valence-corrected chi connectivity index (χ2v) is 12.3. The highest BCUT2D eigenvalue weighted by Gasteiger charge is 2.44. The molecule has 0 aromatic heterocycles. The van der Waals surface area contributed by atoms with E-state index in [1.165, 1.54) is 12.2 Å². The molecule has 3 aromatic rings. The summed E-state index contributed by atoms with van der Waals surface area (Å²) >= 11 is 0. The minimum absolute atomic E-state index is 0.0422. The Hall–Kier alpha value is -4.36. The molecule has 2 amide bonds. The van der Waals surface area contributed by atoms with Crippen molar-refractivity contribution in [1.29, 1.82) is 0 Å². The Kier molecular flexibility index (Phi) is 11.7. The number of carbonyl (C=O) groups is 1. The van der Waals surface area contributed by atoms with Crippen molar-refractivity contribution in [2.24, 2.45) is 0 Å². The lowest BCUT2D eigenvalue weighted by Crippen LogP contribution is -2.55. The monoisotopic (exact) mass is 674 g/mol. The summed E-state index contributed by atoms with van der Waals surface area (Å²) in [6.07, 6.45) is -1.51. The van der Waals surface area contributed by atoms with E-state index in [2.05, 4.69) is 11.9 Å². The summed E-state index contributed by atoms with van der Waals surface area (Å²) in [6.45, 7) is 4.62. The fourth-order valence-corrected chi connectivity index (χ4v) is 6.52. The minimum Gasteiger partial charge on any atom is -0.508 e. The van der Waals surface area contributed by atoms with Crippen LogP contribution in [0.1, 0.15) is 49.5 Å². The van der Waals surface area contributed by atoms with Gasteiger partial charge in [-0.05, 0) is 65.8 Å². The zero-order chi connectivity index (χ0) is 35.2. The number of urea groups is 1. The predicted molar refractivity (Wildman–Crippen MR) is 183 cm³/mol. The van der Waals surface area contributed by atoms with E-state index >= 15 is 0 Å². The maximum atomic E-state index is 13.4. The van der Waals surface area contributed by atoms with Crippen molar-refractivity contribution in [3.63, 3.8) is 0 Å². The molecule has 2 aliphatic rings. The molecule has 260 valence electrons. The van der Waals surface area contributed by atoms with E-state index in [0.29, 0.717) is 40.8 Å². The maximum absolute atomic E-state index is 13.4. The van der Waals surface area contributed by atoms with Gasteiger partial charge in [0.05, 0.1) is 24.8 Å². The molecule has 10 nitrogen and oxygen atoms in total. The van der Waals surface area contributed by atoms with Gasteiger partial charge in [0.1, 0.15) is 42.1 Å². The molecule has 2 saturated heterocycles. The van der Waals surface area contributed by atoms with Crippen molar-refractivity contribution in [3.05, 3.63) is 120 Å². The lowest BCUT2D eigenvalue weighted by molar-refractivity contribution is -0.231.